The lowest BCUT2D eigenvalue weighted by molar-refractivity contribution is -0.202. The van der Waals surface area contributed by atoms with Crippen LogP contribution in [0.25, 0.3) is 0 Å². The molecule has 4 fully saturated rings. The van der Waals surface area contributed by atoms with Gasteiger partial charge in [-0.25, -0.2) is 8.78 Å². The van der Waals surface area contributed by atoms with Crippen LogP contribution in [0.5, 0.6) is 0 Å². The van der Waals surface area contributed by atoms with Gasteiger partial charge in [-0.1, -0.05) is 6.58 Å². The van der Waals surface area contributed by atoms with Gasteiger partial charge in [0.1, 0.15) is 5.60 Å². The SMILES string of the molecule is C=COC12CC3CC(C1)CC(C(=O)OCC(C)(F)F)(C3)C2. The summed E-state index contributed by atoms with van der Waals surface area (Å²) in [5.74, 6) is -2.58. The molecule has 0 radical (unpaired) electrons. The predicted octanol–water partition coefficient (Wildman–Crippen LogP) is 3.68. The Kier molecular flexibility index (Phi) is 3.30. The maximum absolute atomic E-state index is 12.9. The Hall–Kier alpha value is -1.13. The van der Waals surface area contributed by atoms with Crippen LogP contribution >= 0.6 is 0 Å². The standard InChI is InChI=1S/C16H22F2O3/c1-3-21-16-7-11-4-12(8-16)6-15(5-11,9-16)13(19)20-10-14(2,17)18/h3,11-12H,1,4-10H2,2H3. The molecule has 2 atom stereocenters. The van der Waals surface area contributed by atoms with Crippen molar-refractivity contribution >= 4 is 5.97 Å². The minimum Gasteiger partial charge on any atom is -0.495 e. The Labute approximate surface area is 123 Å². The molecule has 4 aliphatic carbocycles. The van der Waals surface area contributed by atoms with Crippen LogP contribution in [0.2, 0.25) is 0 Å². The van der Waals surface area contributed by atoms with Gasteiger partial charge < -0.3 is 9.47 Å². The third kappa shape index (κ3) is 2.67. The summed E-state index contributed by atoms with van der Waals surface area (Å²) in [6, 6.07) is 0. The third-order valence-electron chi connectivity index (χ3n) is 5.23. The Morgan fingerprint density at radius 3 is 2.48 bits per heavy atom. The molecule has 4 saturated carbocycles. The fraction of sp³-hybridized carbons (Fsp3) is 0.812. The zero-order valence-corrected chi connectivity index (χ0v) is 12.4. The van der Waals surface area contributed by atoms with Gasteiger partial charge in [-0.3, -0.25) is 4.79 Å². The molecule has 21 heavy (non-hydrogen) atoms. The van der Waals surface area contributed by atoms with Crippen molar-refractivity contribution < 1.29 is 23.0 Å². The quantitative estimate of drug-likeness (QED) is 0.574. The molecular formula is C16H22F2O3. The highest BCUT2D eigenvalue weighted by molar-refractivity contribution is 5.78. The van der Waals surface area contributed by atoms with Crippen LogP contribution in [0.4, 0.5) is 8.78 Å². The number of hydrogen-bond donors (Lipinski definition) is 0. The molecule has 3 nitrogen and oxygen atoms in total. The number of halogens is 2. The first-order valence-electron chi connectivity index (χ1n) is 7.60. The van der Waals surface area contributed by atoms with Crippen molar-refractivity contribution in [3.05, 3.63) is 12.8 Å². The molecule has 0 spiro atoms. The van der Waals surface area contributed by atoms with Gasteiger partial charge in [0, 0.05) is 13.3 Å². The van der Waals surface area contributed by atoms with Gasteiger partial charge in [-0.2, -0.15) is 0 Å². The molecule has 0 aromatic carbocycles. The minimum atomic E-state index is -2.98. The summed E-state index contributed by atoms with van der Waals surface area (Å²) in [4.78, 5) is 12.5. The van der Waals surface area contributed by atoms with Gasteiger partial charge in [0.2, 0.25) is 0 Å². The smallest absolute Gasteiger partial charge is 0.312 e. The van der Waals surface area contributed by atoms with Gasteiger partial charge in [0.05, 0.1) is 11.7 Å². The molecule has 2 unspecified atom stereocenters. The summed E-state index contributed by atoms with van der Waals surface area (Å²) >= 11 is 0. The van der Waals surface area contributed by atoms with Crippen LogP contribution in [0.15, 0.2) is 12.8 Å². The summed E-state index contributed by atoms with van der Waals surface area (Å²) in [5.41, 5.74) is -0.960. The highest BCUT2D eigenvalue weighted by Gasteiger charge is 2.62. The van der Waals surface area contributed by atoms with Gasteiger partial charge in [-0.05, 0) is 43.9 Å². The van der Waals surface area contributed by atoms with Crippen LogP contribution in [0.3, 0.4) is 0 Å². The normalized spacial score (nSPS) is 40.9. The number of ether oxygens (including phenoxy) is 2. The van der Waals surface area contributed by atoms with Gasteiger partial charge in [0.25, 0.3) is 5.92 Å². The second-order valence-corrected chi connectivity index (χ2v) is 7.36. The molecule has 118 valence electrons. The molecule has 0 saturated heterocycles. The van der Waals surface area contributed by atoms with E-state index in [9.17, 15) is 13.6 Å². The minimum absolute atomic E-state index is 0.334. The van der Waals surface area contributed by atoms with Crippen LogP contribution in [0.1, 0.15) is 45.4 Å². The third-order valence-corrected chi connectivity index (χ3v) is 5.23. The highest BCUT2D eigenvalue weighted by atomic mass is 19.3. The fourth-order valence-corrected chi connectivity index (χ4v) is 5.08. The lowest BCUT2D eigenvalue weighted by Gasteiger charge is -2.59. The molecule has 5 heteroatoms. The van der Waals surface area contributed by atoms with Crippen molar-refractivity contribution in [2.24, 2.45) is 17.3 Å². The Morgan fingerprint density at radius 2 is 1.95 bits per heavy atom. The van der Waals surface area contributed by atoms with E-state index >= 15 is 0 Å². The van der Waals surface area contributed by atoms with E-state index in [-0.39, 0.29) is 5.60 Å². The molecule has 4 rings (SSSR count). The second kappa shape index (κ2) is 4.68. The second-order valence-electron chi connectivity index (χ2n) is 7.36. The van der Waals surface area contributed by atoms with E-state index in [2.05, 4.69) is 6.58 Å². The average molecular weight is 300 g/mol. The molecule has 0 heterocycles. The summed E-state index contributed by atoms with van der Waals surface area (Å²) < 4.78 is 36.6. The molecule has 0 aliphatic heterocycles. The highest BCUT2D eigenvalue weighted by Crippen LogP contribution is 2.63. The van der Waals surface area contributed by atoms with Crippen LogP contribution in [0, 0.1) is 17.3 Å². The van der Waals surface area contributed by atoms with Crippen LogP contribution in [-0.2, 0) is 14.3 Å². The van der Waals surface area contributed by atoms with Crippen molar-refractivity contribution in [3.63, 3.8) is 0 Å². The topological polar surface area (TPSA) is 35.5 Å². The van der Waals surface area contributed by atoms with Crippen molar-refractivity contribution in [2.45, 2.75) is 57.0 Å². The van der Waals surface area contributed by atoms with E-state index in [0.29, 0.717) is 18.3 Å². The van der Waals surface area contributed by atoms with Gasteiger partial charge >= 0.3 is 5.97 Å². The van der Waals surface area contributed by atoms with E-state index in [0.717, 1.165) is 39.0 Å². The first-order valence-corrected chi connectivity index (χ1v) is 7.60. The van der Waals surface area contributed by atoms with E-state index in [1.165, 1.54) is 6.26 Å². The van der Waals surface area contributed by atoms with Crippen molar-refractivity contribution in [2.75, 3.05) is 6.61 Å². The zero-order chi connectivity index (χ0) is 15.3. The molecule has 0 amide bonds. The van der Waals surface area contributed by atoms with Gasteiger partial charge in [0.15, 0.2) is 6.61 Å². The predicted molar refractivity (Wildman–Crippen MR) is 72.7 cm³/mol. The Balaban J connectivity index is 1.78. The molecule has 0 N–H and O–H groups in total. The monoisotopic (exact) mass is 300 g/mol. The first kappa shape index (κ1) is 14.8. The Bertz CT molecular complexity index is 441. The number of carbonyl (C=O) groups excluding carboxylic acids is 1. The Morgan fingerprint density at radius 1 is 1.33 bits per heavy atom. The van der Waals surface area contributed by atoms with Crippen molar-refractivity contribution in [1.29, 1.82) is 0 Å². The van der Waals surface area contributed by atoms with Crippen molar-refractivity contribution in [3.8, 4) is 0 Å². The maximum Gasteiger partial charge on any atom is 0.312 e. The molecule has 0 aromatic heterocycles. The molecule has 4 bridgehead atoms. The van der Waals surface area contributed by atoms with E-state index in [4.69, 9.17) is 9.47 Å². The summed E-state index contributed by atoms with van der Waals surface area (Å²) in [6.45, 7) is 3.57. The molecule has 0 aromatic rings. The maximum atomic E-state index is 12.9. The summed E-state index contributed by atoms with van der Waals surface area (Å²) in [5, 5.41) is 0. The lowest BCUT2D eigenvalue weighted by Crippen LogP contribution is -2.59. The van der Waals surface area contributed by atoms with E-state index in [1.54, 1.807) is 0 Å². The molecule has 4 aliphatic rings. The number of esters is 1. The van der Waals surface area contributed by atoms with E-state index in [1.807, 2.05) is 0 Å². The van der Waals surface area contributed by atoms with Crippen LogP contribution in [-0.4, -0.2) is 24.1 Å². The zero-order valence-electron chi connectivity index (χ0n) is 12.4. The lowest BCUT2D eigenvalue weighted by atomic mass is 9.48. The number of hydrogen-bond acceptors (Lipinski definition) is 3. The first-order chi connectivity index (χ1) is 9.76. The van der Waals surface area contributed by atoms with Crippen molar-refractivity contribution in [1.82, 2.24) is 0 Å². The largest absolute Gasteiger partial charge is 0.495 e. The summed E-state index contributed by atoms with van der Waals surface area (Å²) in [7, 11) is 0. The van der Waals surface area contributed by atoms with Gasteiger partial charge in [-0.15, -0.1) is 0 Å². The average Bonchev–Trinajstić information content (AvgIpc) is 2.33. The summed E-state index contributed by atoms with van der Waals surface area (Å²) in [6.07, 6.45) is 6.52. The number of carbonyl (C=O) groups is 1. The number of alkyl halides is 2. The van der Waals surface area contributed by atoms with E-state index < -0.39 is 23.9 Å². The fourth-order valence-electron chi connectivity index (χ4n) is 5.08. The molecular weight excluding hydrogens is 278 g/mol. The van der Waals surface area contributed by atoms with Crippen LogP contribution < -0.4 is 0 Å². The number of rotatable bonds is 5.